The topological polar surface area (TPSA) is 107 Å². The van der Waals surface area contributed by atoms with E-state index in [1.807, 2.05) is 0 Å². The third-order valence-electron chi connectivity index (χ3n) is 5.45. The number of anilines is 2. The SMILES string of the molecule is COc1cc2c(c(OC)n1)-c1cccnc1[C@H](C)C(=O)N2CC(=O)Nc1ccc(C(F)(F)F)cn1. The molecule has 0 fully saturated rings. The van der Waals surface area contributed by atoms with Gasteiger partial charge >= 0.3 is 6.18 Å². The van der Waals surface area contributed by atoms with Crippen molar-refractivity contribution in [3.63, 3.8) is 0 Å². The van der Waals surface area contributed by atoms with Gasteiger partial charge in [-0.3, -0.25) is 14.6 Å². The Bertz CT molecular complexity index is 1280. The smallest absolute Gasteiger partial charge is 0.417 e. The highest BCUT2D eigenvalue weighted by molar-refractivity contribution is 6.09. The number of pyridine rings is 3. The molecule has 1 N–H and O–H groups in total. The van der Waals surface area contributed by atoms with Gasteiger partial charge in [0.05, 0.1) is 42.6 Å². The monoisotopic (exact) mass is 487 g/mol. The normalized spacial score (nSPS) is 15.1. The molecule has 1 aliphatic heterocycles. The van der Waals surface area contributed by atoms with Crippen molar-refractivity contribution in [1.29, 1.82) is 0 Å². The summed E-state index contributed by atoms with van der Waals surface area (Å²) in [7, 11) is 2.82. The molecule has 12 heteroatoms. The van der Waals surface area contributed by atoms with E-state index in [-0.39, 0.29) is 17.6 Å². The second-order valence-corrected chi connectivity index (χ2v) is 7.63. The quantitative estimate of drug-likeness (QED) is 0.585. The van der Waals surface area contributed by atoms with E-state index in [0.29, 0.717) is 28.7 Å². The number of carbonyl (C=O) groups is 2. The number of amides is 2. The maximum atomic E-state index is 13.5. The number of methoxy groups -OCH3 is 2. The fourth-order valence-corrected chi connectivity index (χ4v) is 3.77. The largest absolute Gasteiger partial charge is 0.481 e. The van der Waals surface area contributed by atoms with E-state index >= 15 is 0 Å². The van der Waals surface area contributed by atoms with Gasteiger partial charge in [-0.2, -0.15) is 18.2 Å². The Morgan fingerprint density at radius 1 is 1.17 bits per heavy atom. The highest BCUT2D eigenvalue weighted by Gasteiger charge is 2.36. The van der Waals surface area contributed by atoms with Crippen LogP contribution in [-0.2, 0) is 15.8 Å². The lowest BCUT2D eigenvalue weighted by Gasteiger charge is -2.25. The first kappa shape index (κ1) is 23.9. The molecule has 0 saturated heterocycles. The van der Waals surface area contributed by atoms with Crippen LogP contribution in [0.25, 0.3) is 11.1 Å². The molecule has 4 rings (SSSR count). The average molecular weight is 487 g/mol. The lowest BCUT2D eigenvalue weighted by atomic mass is 9.98. The molecule has 4 heterocycles. The molecule has 1 atom stereocenters. The minimum Gasteiger partial charge on any atom is -0.481 e. The van der Waals surface area contributed by atoms with Crippen molar-refractivity contribution in [3.8, 4) is 22.9 Å². The van der Waals surface area contributed by atoms with Gasteiger partial charge in [0.25, 0.3) is 0 Å². The number of aromatic nitrogens is 3. The lowest BCUT2D eigenvalue weighted by Crippen LogP contribution is -2.40. The molecule has 35 heavy (non-hydrogen) atoms. The van der Waals surface area contributed by atoms with Crippen LogP contribution >= 0.6 is 0 Å². The van der Waals surface area contributed by atoms with Crippen LogP contribution in [0.4, 0.5) is 24.7 Å². The number of nitrogens with one attached hydrogen (secondary N) is 1. The summed E-state index contributed by atoms with van der Waals surface area (Å²) in [6.07, 6.45) is -2.37. The summed E-state index contributed by atoms with van der Waals surface area (Å²) in [6.45, 7) is 1.21. The molecule has 0 unspecified atom stereocenters. The predicted molar refractivity (Wildman–Crippen MR) is 119 cm³/mol. The molecule has 3 aromatic rings. The van der Waals surface area contributed by atoms with E-state index in [1.54, 1.807) is 25.3 Å². The van der Waals surface area contributed by atoms with Crippen LogP contribution in [0.15, 0.2) is 42.7 Å². The van der Waals surface area contributed by atoms with Gasteiger partial charge < -0.3 is 19.7 Å². The van der Waals surface area contributed by atoms with Crippen molar-refractivity contribution in [3.05, 3.63) is 54.0 Å². The number of nitrogens with zero attached hydrogens (tertiary/aromatic N) is 4. The Kier molecular flexibility index (Phi) is 6.29. The number of ether oxygens (including phenoxy) is 2. The molecule has 0 spiro atoms. The highest BCUT2D eigenvalue weighted by atomic mass is 19.4. The zero-order valence-electron chi connectivity index (χ0n) is 18.9. The van der Waals surface area contributed by atoms with Crippen LogP contribution in [0.2, 0.25) is 0 Å². The standard InChI is InChI=1S/C23H20F3N5O4/c1-12-20-14(5-4-8-27-20)19-15(9-18(34-2)30-21(19)35-3)31(22(12)33)11-17(32)29-16-7-6-13(10-28-16)23(24,25)26/h4-10,12H,11H2,1-3H3,(H,28,29,32)/t12-/m0/s1. The van der Waals surface area contributed by atoms with E-state index in [9.17, 15) is 22.8 Å². The van der Waals surface area contributed by atoms with E-state index in [0.717, 1.165) is 12.1 Å². The minimum absolute atomic E-state index is 0.0895. The average Bonchev–Trinajstić information content (AvgIpc) is 2.92. The van der Waals surface area contributed by atoms with Crippen LogP contribution in [0.5, 0.6) is 11.8 Å². The maximum Gasteiger partial charge on any atom is 0.417 e. The van der Waals surface area contributed by atoms with Crippen molar-refractivity contribution >= 4 is 23.3 Å². The molecule has 3 aromatic heterocycles. The van der Waals surface area contributed by atoms with Crippen molar-refractivity contribution in [1.82, 2.24) is 15.0 Å². The van der Waals surface area contributed by atoms with Gasteiger partial charge in [0.15, 0.2) is 0 Å². The summed E-state index contributed by atoms with van der Waals surface area (Å²) in [6, 6.07) is 6.84. The maximum absolute atomic E-state index is 13.5. The molecule has 0 aromatic carbocycles. The van der Waals surface area contributed by atoms with Gasteiger partial charge in [0, 0.05) is 24.0 Å². The van der Waals surface area contributed by atoms with Gasteiger partial charge in [-0.25, -0.2) is 4.98 Å². The number of rotatable bonds is 5. The molecule has 0 aliphatic carbocycles. The van der Waals surface area contributed by atoms with Crippen molar-refractivity contribution in [2.75, 3.05) is 31.0 Å². The second-order valence-electron chi connectivity index (χ2n) is 7.63. The summed E-state index contributed by atoms with van der Waals surface area (Å²) < 4.78 is 49.1. The fourth-order valence-electron chi connectivity index (χ4n) is 3.77. The van der Waals surface area contributed by atoms with Crippen molar-refractivity contribution < 1.29 is 32.2 Å². The number of hydrogen-bond acceptors (Lipinski definition) is 7. The number of hydrogen-bond donors (Lipinski definition) is 1. The van der Waals surface area contributed by atoms with Crippen LogP contribution in [0.1, 0.15) is 24.1 Å². The molecule has 0 bridgehead atoms. The van der Waals surface area contributed by atoms with Crippen molar-refractivity contribution in [2.45, 2.75) is 19.0 Å². The summed E-state index contributed by atoms with van der Waals surface area (Å²) in [5, 5.41) is 2.43. The fraction of sp³-hybridized carbons (Fsp3) is 0.261. The summed E-state index contributed by atoms with van der Waals surface area (Å²) in [5.41, 5.74) is 0.916. The van der Waals surface area contributed by atoms with Crippen molar-refractivity contribution in [2.24, 2.45) is 0 Å². The van der Waals surface area contributed by atoms with Crippen LogP contribution < -0.4 is 19.7 Å². The molecule has 9 nitrogen and oxygen atoms in total. The Morgan fingerprint density at radius 2 is 1.94 bits per heavy atom. The molecule has 182 valence electrons. The van der Waals surface area contributed by atoms with Gasteiger partial charge in [-0.1, -0.05) is 6.07 Å². The number of fused-ring (bicyclic) bond motifs is 3. The molecular formula is C23H20F3N5O4. The molecule has 1 aliphatic rings. The van der Waals surface area contributed by atoms with Crippen LogP contribution in [0.3, 0.4) is 0 Å². The van der Waals surface area contributed by atoms with Gasteiger partial charge in [-0.05, 0) is 25.1 Å². The van der Waals surface area contributed by atoms with Gasteiger partial charge in [0.2, 0.25) is 23.6 Å². The first-order valence-corrected chi connectivity index (χ1v) is 10.4. The lowest BCUT2D eigenvalue weighted by molar-refractivity contribution is -0.137. The summed E-state index contributed by atoms with van der Waals surface area (Å²) in [5.74, 6) is -1.57. The molecule has 0 radical (unpaired) electrons. The first-order valence-electron chi connectivity index (χ1n) is 10.4. The summed E-state index contributed by atoms with van der Waals surface area (Å²) in [4.78, 5) is 39.9. The molecule has 0 saturated carbocycles. The second kappa shape index (κ2) is 9.20. The Balaban J connectivity index is 1.72. The number of alkyl halides is 3. The van der Waals surface area contributed by atoms with Crippen LogP contribution in [-0.4, -0.2) is 47.5 Å². The van der Waals surface area contributed by atoms with E-state index in [4.69, 9.17) is 9.47 Å². The zero-order chi connectivity index (χ0) is 25.3. The van der Waals surface area contributed by atoms with Crippen LogP contribution in [0, 0.1) is 0 Å². The third kappa shape index (κ3) is 4.59. The van der Waals surface area contributed by atoms with Gasteiger partial charge in [0.1, 0.15) is 12.4 Å². The van der Waals surface area contributed by atoms with Gasteiger partial charge in [-0.15, -0.1) is 0 Å². The minimum atomic E-state index is -4.55. The number of carbonyl (C=O) groups excluding carboxylic acids is 2. The Morgan fingerprint density at radius 3 is 2.57 bits per heavy atom. The highest BCUT2D eigenvalue weighted by Crippen LogP contribution is 2.45. The zero-order valence-corrected chi connectivity index (χ0v) is 18.9. The predicted octanol–water partition coefficient (Wildman–Crippen LogP) is 3.66. The molecule has 2 amide bonds. The third-order valence-corrected chi connectivity index (χ3v) is 5.45. The van der Waals surface area contributed by atoms with E-state index < -0.39 is 36.0 Å². The Labute approximate surface area is 197 Å². The Hall–Kier alpha value is -4.22. The first-order chi connectivity index (χ1) is 16.6. The van der Waals surface area contributed by atoms with E-state index in [1.165, 1.54) is 25.2 Å². The molecular weight excluding hydrogens is 467 g/mol. The number of halogens is 3. The summed E-state index contributed by atoms with van der Waals surface area (Å²) >= 11 is 0. The van der Waals surface area contributed by atoms with E-state index in [2.05, 4.69) is 20.3 Å².